The minimum Gasteiger partial charge on any atom is -0.392 e. The Balaban J connectivity index is 2.18. The van der Waals surface area contributed by atoms with Gasteiger partial charge in [0.1, 0.15) is 0 Å². The van der Waals surface area contributed by atoms with Crippen LogP contribution in [0.25, 0.3) is 10.9 Å². The molecule has 1 aromatic heterocycles. The van der Waals surface area contributed by atoms with E-state index in [0.717, 1.165) is 10.9 Å². The molecule has 5 heteroatoms. The van der Waals surface area contributed by atoms with E-state index in [2.05, 4.69) is 0 Å². The van der Waals surface area contributed by atoms with Crippen LogP contribution < -0.4 is 0 Å². The van der Waals surface area contributed by atoms with Gasteiger partial charge in [-0.1, -0.05) is 41.4 Å². The maximum absolute atomic E-state index is 12.7. The van der Waals surface area contributed by atoms with E-state index in [9.17, 15) is 9.90 Å². The van der Waals surface area contributed by atoms with Gasteiger partial charge in [0.15, 0.2) is 0 Å². The van der Waals surface area contributed by atoms with Crippen molar-refractivity contribution in [1.82, 2.24) is 4.57 Å². The standard InChI is InChI=1S/C16H11Cl2NO2/c17-11-5-6-13(14(18)7-11)16(21)19-8-10(9-20)12-3-1-2-4-15(12)19/h1-8,20H,9H2. The number of fused-ring (bicyclic) bond motifs is 1. The maximum Gasteiger partial charge on any atom is 0.263 e. The largest absolute Gasteiger partial charge is 0.392 e. The van der Waals surface area contributed by atoms with Crippen molar-refractivity contribution in [3.63, 3.8) is 0 Å². The highest BCUT2D eigenvalue weighted by molar-refractivity contribution is 6.36. The molecule has 3 aromatic rings. The lowest BCUT2D eigenvalue weighted by atomic mass is 10.2. The molecule has 0 saturated heterocycles. The second-order valence-corrected chi connectivity index (χ2v) is 5.47. The topological polar surface area (TPSA) is 42.2 Å². The molecule has 0 radical (unpaired) electrons. The van der Waals surface area contributed by atoms with Crippen molar-refractivity contribution in [1.29, 1.82) is 0 Å². The zero-order chi connectivity index (χ0) is 15.0. The van der Waals surface area contributed by atoms with Crippen LogP contribution >= 0.6 is 23.2 Å². The van der Waals surface area contributed by atoms with Gasteiger partial charge in [-0.05, 0) is 24.3 Å². The number of aliphatic hydroxyl groups excluding tert-OH is 1. The van der Waals surface area contributed by atoms with Crippen LogP contribution in [0.3, 0.4) is 0 Å². The van der Waals surface area contributed by atoms with Crippen molar-refractivity contribution in [2.45, 2.75) is 6.61 Å². The number of hydrogen-bond acceptors (Lipinski definition) is 2. The fraction of sp³-hybridized carbons (Fsp3) is 0.0625. The third-order valence-corrected chi connectivity index (χ3v) is 3.89. The highest BCUT2D eigenvalue weighted by Gasteiger charge is 2.17. The highest BCUT2D eigenvalue weighted by Crippen LogP contribution is 2.26. The molecule has 21 heavy (non-hydrogen) atoms. The third kappa shape index (κ3) is 2.44. The lowest BCUT2D eigenvalue weighted by molar-refractivity contribution is 0.0965. The van der Waals surface area contributed by atoms with Gasteiger partial charge < -0.3 is 5.11 Å². The van der Waals surface area contributed by atoms with Crippen LogP contribution in [0.5, 0.6) is 0 Å². The summed E-state index contributed by atoms with van der Waals surface area (Å²) in [5.74, 6) is -0.257. The first-order chi connectivity index (χ1) is 10.1. The van der Waals surface area contributed by atoms with Gasteiger partial charge in [-0.15, -0.1) is 0 Å². The molecule has 106 valence electrons. The van der Waals surface area contributed by atoms with Gasteiger partial charge in [-0.2, -0.15) is 0 Å². The second kappa shape index (κ2) is 5.53. The molecule has 0 aliphatic rings. The summed E-state index contributed by atoms with van der Waals surface area (Å²) in [5, 5.41) is 11.0. The zero-order valence-corrected chi connectivity index (χ0v) is 12.4. The van der Waals surface area contributed by atoms with E-state index in [1.54, 1.807) is 18.3 Å². The molecule has 1 N–H and O–H groups in total. The Bertz CT molecular complexity index is 839. The van der Waals surface area contributed by atoms with Gasteiger partial charge in [0.2, 0.25) is 0 Å². The fourth-order valence-corrected chi connectivity index (χ4v) is 2.83. The Morgan fingerprint density at radius 1 is 1.14 bits per heavy atom. The average Bonchev–Trinajstić information content (AvgIpc) is 2.85. The number of rotatable bonds is 2. The SMILES string of the molecule is O=C(c1ccc(Cl)cc1Cl)n1cc(CO)c2ccccc21. The molecule has 0 aliphatic carbocycles. The fourth-order valence-electron chi connectivity index (χ4n) is 2.34. The number of carbonyl (C=O) groups is 1. The molecule has 2 aromatic carbocycles. The first-order valence-corrected chi connectivity index (χ1v) is 7.07. The number of aliphatic hydroxyl groups is 1. The lowest BCUT2D eigenvalue weighted by Gasteiger charge is -2.06. The Kier molecular flexibility index (Phi) is 3.72. The molecule has 0 spiro atoms. The van der Waals surface area contributed by atoms with Crippen LogP contribution in [-0.2, 0) is 6.61 Å². The lowest BCUT2D eigenvalue weighted by Crippen LogP contribution is -2.11. The average molecular weight is 320 g/mol. The first-order valence-electron chi connectivity index (χ1n) is 6.31. The molecule has 0 unspecified atom stereocenters. The molecule has 3 rings (SSSR count). The van der Waals surface area contributed by atoms with Crippen molar-refractivity contribution in [3.8, 4) is 0 Å². The Hall–Kier alpha value is -1.81. The van der Waals surface area contributed by atoms with Crippen LogP contribution in [0.2, 0.25) is 10.0 Å². The van der Waals surface area contributed by atoms with Crippen molar-refractivity contribution in [2.24, 2.45) is 0 Å². The van der Waals surface area contributed by atoms with E-state index in [1.807, 2.05) is 24.3 Å². The van der Waals surface area contributed by atoms with Crippen molar-refractivity contribution in [2.75, 3.05) is 0 Å². The molecule has 0 fully saturated rings. The number of halogens is 2. The van der Waals surface area contributed by atoms with Gasteiger partial charge in [-0.3, -0.25) is 9.36 Å². The van der Waals surface area contributed by atoms with E-state index in [0.29, 0.717) is 21.2 Å². The van der Waals surface area contributed by atoms with E-state index in [-0.39, 0.29) is 12.5 Å². The number of aromatic nitrogens is 1. The number of hydrogen-bond donors (Lipinski definition) is 1. The van der Waals surface area contributed by atoms with Crippen LogP contribution in [-0.4, -0.2) is 15.6 Å². The van der Waals surface area contributed by atoms with Crippen molar-refractivity contribution < 1.29 is 9.90 Å². The molecule has 0 amide bonds. The molecule has 1 heterocycles. The summed E-state index contributed by atoms with van der Waals surface area (Å²) in [5.41, 5.74) is 1.80. The maximum atomic E-state index is 12.7. The van der Waals surface area contributed by atoms with Crippen LogP contribution in [0.1, 0.15) is 15.9 Å². The molecular formula is C16H11Cl2NO2. The summed E-state index contributed by atoms with van der Waals surface area (Å²) in [6, 6.07) is 12.2. The van der Waals surface area contributed by atoms with Gasteiger partial charge in [0, 0.05) is 22.2 Å². The predicted molar refractivity (Wildman–Crippen MR) is 84.1 cm³/mol. The normalized spacial score (nSPS) is 11.0. The highest BCUT2D eigenvalue weighted by atomic mass is 35.5. The number of nitrogens with zero attached hydrogens (tertiary/aromatic N) is 1. The predicted octanol–water partition coefficient (Wildman–Crippen LogP) is 4.13. The van der Waals surface area contributed by atoms with E-state index in [1.165, 1.54) is 10.6 Å². The minimum absolute atomic E-state index is 0.130. The summed E-state index contributed by atoms with van der Waals surface area (Å²) >= 11 is 12.0. The van der Waals surface area contributed by atoms with E-state index >= 15 is 0 Å². The number of benzene rings is 2. The summed E-state index contributed by atoms with van der Waals surface area (Å²) in [4.78, 5) is 12.7. The molecule has 0 aliphatic heterocycles. The number of para-hydroxylation sites is 1. The summed E-state index contributed by atoms with van der Waals surface area (Å²) in [6.45, 7) is -0.130. The first kappa shape index (κ1) is 14.1. The van der Waals surface area contributed by atoms with Gasteiger partial charge >= 0.3 is 0 Å². The molecule has 0 saturated carbocycles. The molecule has 3 nitrogen and oxygen atoms in total. The smallest absolute Gasteiger partial charge is 0.263 e. The Labute approximate surface area is 131 Å². The monoisotopic (exact) mass is 319 g/mol. The van der Waals surface area contributed by atoms with Crippen molar-refractivity contribution >= 4 is 40.0 Å². The summed E-state index contributed by atoms with van der Waals surface area (Å²) < 4.78 is 1.50. The minimum atomic E-state index is -0.257. The number of carbonyl (C=O) groups excluding carboxylic acids is 1. The van der Waals surface area contributed by atoms with Crippen molar-refractivity contribution in [3.05, 3.63) is 69.8 Å². The van der Waals surface area contributed by atoms with Gasteiger partial charge in [-0.25, -0.2) is 0 Å². The Morgan fingerprint density at radius 3 is 2.62 bits per heavy atom. The summed E-state index contributed by atoms with van der Waals surface area (Å²) in [6.07, 6.45) is 1.64. The molecular weight excluding hydrogens is 309 g/mol. The second-order valence-electron chi connectivity index (χ2n) is 4.63. The zero-order valence-electron chi connectivity index (χ0n) is 10.9. The van der Waals surface area contributed by atoms with Crippen LogP contribution in [0.15, 0.2) is 48.7 Å². The van der Waals surface area contributed by atoms with Crippen LogP contribution in [0, 0.1) is 0 Å². The van der Waals surface area contributed by atoms with Gasteiger partial charge in [0.05, 0.1) is 22.7 Å². The Morgan fingerprint density at radius 2 is 1.90 bits per heavy atom. The molecule has 0 atom stereocenters. The quantitative estimate of drug-likeness (QED) is 0.771. The van der Waals surface area contributed by atoms with Gasteiger partial charge in [0.25, 0.3) is 5.91 Å². The van der Waals surface area contributed by atoms with E-state index in [4.69, 9.17) is 23.2 Å². The summed E-state index contributed by atoms with van der Waals surface area (Å²) in [7, 11) is 0. The third-order valence-electron chi connectivity index (χ3n) is 3.35. The van der Waals surface area contributed by atoms with Crippen LogP contribution in [0.4, 0.5) is 0 Å². The van der Waals surface area contributed by atoms with E-state index < -0.39 is 0 Å². The molecule has 0 bridgehead atoms.